The summed E-state index contributed by atoms with van der Waals surface area (Å²) in [5, 5.41) is 12.0. The molecule has 2 rings (SSSR count). The van der Waals surface area contributed by atoms with Crippen molar-refractivity contribution in [3.8, 4) is 5.75 Å². The van der Waals surface area contributed by atoms with Gasteiger partial charge in [0.25, 0.3) is 0 Å². The molecule has 0 saturated heterocycles. The molecule has 1 amide bonds. The first-order valence-corrected chi connectivity index (χ1v) is 8.89. The Hall–Kier alpha value is -2.47. The van der Waals surface area contributed by atoms with E-state index in [0.29, 0.717) is 11.3 Å². The van der Waals surface area contributed by atoms with Gasteiger partial charge in [-0.2, -0.15) is 0 Å². The summed E-state index contributed by atoms with van der Waals surface area (Å²) in [6.07, 6.45) is 2.22. The number of carbonyl (C=O) groups excluding carboxylic acids is 1. The summed E-state index contributed by atoms with van der Waals surface area (Å²) >= 11 is 1.60. The highest BCUT2D eigenvalue weighted by Gasteiger charge is 2.23. The number of phenols is 1. The van der Waals surface area contributed by atoms with Gasteiger partial charge in [0.05, 0.1) is 0 Å². The molecule has 4 nitrogen and oxygen atoms in total. The molecule has 2 aromatic carbocycles. The molecule has 2 atom stereocenters. The lowest BCUT2D eigenvalue weighted by Gasteiger charge is -2.22. The number of anilines is 1. The standard InChI is InChI=1S/C19H20FNO3S/c1-4-12(2)18(13-5-10-17(22)16(20)11-13)24-19(23)21-14-6-8-15(25-3)9-7-14/h4-12,18,22H,1H2,2-3H3,(H,21,23)/t12-,18-/m1/s1. The summed E-state index contributed by atoms with van der Waals surface area (Å²) in [6.45, 7) is 5.51. The first-order chi connectivity index (χ1) is 11.9. The van der Waals surface area contributed by atoms with Crippen LogP contribution in [0.2, 0.25) is 0 Å². The van der Waals surface area contributed by atoms with E-state index < -0.39 is 23.8 Å². The van der Waals surface area contributed by atoms with Gasteiger partial charge in [-0.1, -0.05) is 19.1 Å². The number of thioether (sulfide) groups is 1. The highest BCUT2D eigenvalue weighted by molar-refractivity contribution is 7.98. The number of rotatable bonds is 6. The van der Waals surface area contributed by atoms with Crippen LogP contribution in [0, 0.1) is 11.7 Å². The fraction of sp³-hybridized carbons (Fsp3) is 0.211. The van der Waals surface area contributed by atoms with E-state index in [1.54, 1.807) is 30.0 Å². The minimum atomic E-state index is -0.768. The van der Waals surface area contributed by atoms with Crippen LogP contribution in [0.4, 0.5) is 14.9 Å². The molecule has 0 heterocycles. The van der Waals surface area contributed by atoms with Crippen molar-refractivity contribution in [3.05, 3.63) is 66.5 Å². The molecule has 0 aliphatic heterocycles. The average Bonchev–Trinajstić information content (AvgIpc) is 2.62. The number of hydrogen-bond donors (Lipinski definition) is 2. The number of amides is 1. The Kier molecular flexibility index (Phi) is 6.47. The van der Waals surface area contributed by atoms with Crippen molar-refractivity contribution in [2.24, 2.45) is 5.92 Å². The van der Waals surface area contributed by atoms with E-state index in [1.165, 1.54) is 12.1 Å². The van der Waals surface area contributed by atoms with Crippen molar-refractivity contribution in [2.45, 2.75) is 17.9 Å². The Balaban J connectivity index is 2.13. The fourth-order valence-electron chi connectivity index (χ4n) is 2.24. The van der Waals surface area contributed by atoms with E-state index in [4.69, 9.17) is 4.74 Å². The summed E-state index contributed by atoms with van der Waals surface area (Å²) < 4.78 is 19.1. The summed E-state index contributed by atoms with van der Waals surface area (Å²) in [4.78, 5) is 13.3. The zero-order valence-electron chi connectivity index (χ0n) is 14.0. The van der Waals surface area contributed by atoms with E-state index >= 15 is 0 Å². The number of phenolic OH excluding ortho intramolecular Hbond substituents is 1. The fourth-order valence-corrected chi connectivity index (χ4v) is 2.65. The van der Waals surface area contributed by atoms with Crippen LogP contribution >= 0.6 is 11.8 Å². The second-order valence-electron chi connectivity index (χ2n) is 5.49. The lowest BCUT2D eigenvalue weighted by Crippen LogP contribution is -2.21. The van der Waals surface area contributed by atoms with E-state index in [2.05, 4.69) is 11.9 Å². The Morgan fingerprint density at radius 3 is 2.56 bits per heavy atom. The largest absolute Gasteiger partial charge is 0.505 e. The maximum Gasteiger partial charge on any atom is 0.412 e. The molecule has 0 fully saturated rings. The lowest BCUT2D eigenvalue weighted by atomic mass is 9.97. The predicted octanol–water partition coefficient (Wildman–Crippen LogP) is 5.37. The zero-order chi connectivity index (χ0) is 18.4. The van der Waals surface area contributed by atoms with Crippen LogP contribution in [-0.4, -0.2) is 17.5 Å². The predicted molar refractivity (Wildman–Crippen MR) is 98.5 cm³/mol. The third-order valence-electron chi connectivity index (χ3n) is 3.72. The molecule has 132 valence electrons. The molecule has 0 radical (unpaired) electrons. The normalized spacial score (nSPS) is 12.9. The van der Waals surface area contributed by atoms with Gasteiger partial charge >= 0.3 is 6.09 Å². The van der Waals surface area contributed by atoms with Crippen LogP contribution in [0.1, 0.15) is 18.6 Å². The topological polar surface area (TPSA) is 58.6 Å². The van der Waals surface area contributed by atoms with Crippen LogP contribution in [0.3, 0.4) is 0 Å². The molecule has 0 aliphatic rings. The third kappa shape index (κ3) is 5.00. The molecule has 0 aliphatic carbocycles. The molecule has 0 bridgehead atoms. The molecule has 2 N–H and O–H groups in total. The molecule has 6 heteroatoms. The average molecular weight is 361 g/mol. The Morgan fingerprint density at radius 2 is 2.00 bits per heavy atom. The molecule has 0 saturated carbocycles. The second-order valence-corrected chi connectivity index (χ2v) is 6.36. The molecule has 0 spiro atoms. The number of halogens is 1. The minimum absolute atomic E-state index is 0.242. The van der Waals surface area contributed by atoms with Gasteiger partial charge in [0, 0.05) is 16.5 Å². The van der Waals surface area contributed by atoms with Crippen molar-refractivity contribution in [2.75, 3.05) is 11.6 Å². The van der Waals surface area contributed by atoms with E-state index in [0.717, 1.165) is 11.0 Å². The maximum atomic E-state index is 13.6. The number of hydrogen-bond acceptors (Lipinski definition) is 4. The van der Waals surface area contributed by atoms with Crippen LogP contribution in [-0.2, 0) is 4.74 Å². The van der Waals surface area contributed by atoms with Gasteiger partial charge in [-0.25, -0.2) is 9.18 Å². The second kappa shape index (κ2) is 8.58. The maximum absolute atomic E-state index is 13.6. The Bertz CT molecular complexity index is 749. The molecule has 0 unspecified atom stereocenters. The quantitative estimate of drug-likeness (QED) is 0.537. The number of benzene rings is 2. The van der Waals surface area contributed by atoms with Crippen molar-refractivity contribution < 1.29 is 19.0 Å². The van der Waals surface area contributed by atoms with Gasteiger partial charge in [-0.15, -0.1) is 18.3 Å². The third-order valence-corrected chi connectivity index (χ3v) is 4.46. The highest BCUT2D eigenvalue weighted by Crippen LogP contribution is 2.30. The van der Waals surface area contributed by atoms with E-state index in [1.807, 2.05) is 25.3 Å². The van der Waals surface area contributed by atoms with Gasteiger partial charge in [0.2, 0.25) is 0 Å². The summed E-state index contributed by atoms with van der Waals surface area (Å²) in [6, 6.07) is 11.2. The van der Waals surface area contributed by atoms with Crippen molar-refractivity contribution >= 4 is 23.5 Å². The smallest absolute Gasteiger partial charge is 0.412 e. The van der Waals surface area contributed by atoms with Crippen LogP contribution in [0.15, 0.2) is 60.0 Å². The van der Waals surface area contributed by atoms with E-state index in [9.17, 15) is 14.3 Å². The number of aromatic hydroxyl groups is 1. The first-order valence-electron chi connectivity index (χ1n) is 7.67. The van der Waals surface area contributed by atoms with Crippen LogP contribution < -0.4 is 5.32 Å². The Labute approximate surface area is 150 Å². The van der Waals surface area contributed by atoms with Gasteiger partial charge in [0.1, 0.15) is 6.10 Å². The monoisotopic (exact) mass is 361 g/mol. The minimum Gasteiger partial charge on any atom is -0.505 e. The van der Waals surface area contributed by atoms with Crippen molar-refractivity contribution in [1.82, 2.24) is 0 Å². The SMILES string of the molecule is C=C[C@@H](C)[C@@H](OC(=O)Nc1ccc(SC)cc1)c1ccc(O)c(F)c1. The zero-order valence-corrected chi connectivity index (χ0v) is 14.8. The Morgan fingerprint density at radius 1 is 1.32 bits per heavy atom. The lowest BCUT2D eigenvalue weighted by molar-refractivity contribution is 0.0895. The van der Waals surface area contributed by atoms with Gasteiger partial charge < -0.3 is 9.84 Å². The molecule has 0 aromatic heterocycles. The van der Waals surface area contributed by atoms with Gasteiger partial charge in [0.15, 0.2) is 11.6 Å². The molecule has 2 aromatic rings. The summed E-state index contributed by atoms with van der Waals surface area (Å²) in [5.74, 6) is -1.46. The number of nitrogens with one attached hydrogen (secondary N) is 1. The summed E-state index contributed by atoms with van der Waals surface area (Å²) in [5.41, 5.74) is 1.04. The van der Waals surface area contributed by atoms with Crippen molar-refractivity contribution in [1.29, 1.82) is 0 Å². The molecular formula is C19H20FNO3S. The first kappa shape index (κ1) is 18.9. The van der Waals surface area contributed by atoms with E-state index in [-0.39, 0.29) is 5.92 Å². The van der Waals surface area contributed by atoms with Gasteiger partial charge in [-0.3, -0.25) is 5.32 Å². The van der Waals surface area contributed by atoms with Gasteiger partial charge in [-0.05, 0) is 48.2 Å². The van der Waals surface area contributed by atoms with Crippen LogP contribution in [0.5, 0.6) is 5.75 Å². The highest BCUT2D eigenvalue weighted by atomic mass is 32.2. The van der Waals surface area contributed by atoms with Crippen LogP contribution in [0.25, 0.3) is 0 Å². The molecule has 25 heavy (non-hydrogen) atoms. The molecular weight excluding hydrogens is 341 g/mol. The summed E-state index contributed by atoms with van der Waals surface area (Å²) in [7, 11) is 0. The van der Waals surface area contributed by atoms with Crippen molar-refractivity contribution in [3.63, 3.8) is 0 Å². The number of ether oxygens (including phenoxy) is 1. The number of carbonyl (C=O) groups is 1.